The second-order valence-electron chi connectivity index (χ2n) is 1.91. The van der Waals surface area contributed by atoms with Crippen molar-refractivity contribution < 1.29 is 4.79 Å². The van der Waals surface area contributed by atoms with E-state index in [0.29, 0.717) is 5.56 Å². The molecule has 0 aliphatic carbocycles. The Kier molecular flexibility index (Phi) is 4.84. The summed E-state index contributed by atoms with van der Waals surface area (Å²) in [5, 5.41) is 0. The van der Waals surface area contributed by atoms with Crippen LogP contribution in [-0.2, 0) is 0 Å². The van der Waals surface area contributed by atoms with E-state index in [9.17, 15) is 4.79 Å². The molecule has 0 atom stereocenters. The van der Waals surface area contributed by atoms with Crippen molar-refractivity contribution in [1.82, 2.24) is 0 Å². The van der Waals surface area contributed by atoms with Gasteiger partial charge in [0.05, 0.1) is 0 Å². The van der Waals surface area contributed by atoms with Crippen LogP contribution in [0.5, 0.6) is 0 Å². The standard InChI is InChI=1S/C7H7NOS.Na/c8-7(9)5-1-3-6(10)4-2-5;/h1-4,10H,(H2,8,9);. The second kappa shape index (κ2) is 4.83. The molecule has 1 radical (unpaired) electrons. The van der Waals surface area contributed by atoms with Gasteiger partial charge in [-0.2, -0.15) is 0 Å². The molecule has 2 nitrogen and oxygen atoms in total. The third-order valence-corrected chi connectivity index (χ3v) is 1.45. The van der Waals surface area contributed by atoms with Crippen LogP contribution in [0.25, 0.3) is 0 Å². The van der Waals surface area contributed by atoms with E-state index in [-0.39, 0.29) is 29.6 Å². The third kappa shape index (κ3) is 3.29. The van der Waals surface area contributed by atoms with Gasteiger partial charge in [0.1, 0.15) is 0 Å². The van der Waals surface area contributed by atoms with Crippen LogP contribution >= 0.6 is 12.6 Å². The Bertz CT molecular complexity index is 247. The Balaban J connectivity index is 0.000001000. The molecule has 1 rings (SSSR count). The quantitative estimate of drug-likeness (QED) is 0.480. The van der Waals surface area contributed by atoms with Crippen molar-refractivity contribution in [2.24, 2.45) is 5.73 Å². The molecule has 4 heteroatoms. The fraction of sp³-hybridized carbons (Fsp3) is 0. The van der Waals surface area contributed by atoms with Crippen LogP contribution in [0.1, 0.15) is 10.4 Å². The Morgan fingerprint density at radius 2 is 1.73 bits per heavy atom. The Hall–Kier alpha value is 0.0400. The van der Waals surface area contributed by atoms with E-state index in [1.165, 1.54) is 0 Å². The van der Waals surface area contributed by atoms with Crippen molar-refractivity contribution in [3.63, 3.8) is 0 Å². The number of carbonyl (C=O) groups is 1. The average molecular weight is 176 g/mol. The van der Waals surface area contributed by atoms with Gasteiger partial charge >= 0.3 is 0 Å². The average Bonchev–Trinajstić information content (AvgIpc) is 1.88. The fourth-order valence-electron chi connectivity index (χ4n) is 0.626. The first-order valence-corrected chi connectivity index (χ1v) is 3.23. The summed E-state index contributed by atoms with van der Waals surface area (Å²) in [5.41, 5.74) is 5.51. The van der Waals surface area contributed by atoms with Crippen molar-refractivity contribution in [1.29, 1.82) is 0 Å². The molecule has 0 unspecified atom stereocenters. The zero-order chi connectivity index (χ0) is 7.56. The first-order chi connectivity index (χ1) is 4.70. The summed E-state index contributed by atoms with van der Waals surface area (Å²) in [5.74, 6) is -0.409. The number of primary amides is 1. The van der Waals surface area contributed by atoms with Crippen LogP contribution in [0.3, 0.4) is 0 Å². The predicted octanol–water partition coefficient (Wildman–Crippen LogP) is 0.693. The number of rotatable bonds is 1. The molecule has 11 heavy (non-hydrogen) atoms. The number of hydrogen-bond acceptors (Lipinski definition) is 2. The number of nitrogens with two attached hydrogens (primary N) is 1. The molecular weight excluding hydrogens is 169 g/mol. The zero-order valence-corrected chi connectivity index (χ0v) is 9.14. The van der Waals surface area contributed by atoms with E-state index in [1.807, 2.05) is 0 Å². The summed E-state index contributed by atoms with van der Waals surface area (Å²) in [4.78, 5) is 11.3. The van der Waals surface area contributed by atoms with Crippen LogP contribution in [0.2, 0.25) is 0 Å². The minimum atomic E-state index is -0.409. The molecule has 0 heterocycles. The van der Waals surface area contributed by atoms with Gasteiger partial charge in [0.2, 0.25) is 5.91 Å². The van der Waals surface area contributed by atoms with E-state index >= 15 is 0 Å². The molecule has 53 valence electrons. The maximum absolute atomic E-state index is 10.5. The van der Waals surface area contributed by atoms with E-state index in [2.05, 4.69) is 12.6 Å². The Morgan fingerprint density at radius 1 is 1.27 bits per heavy atom. The number of carbonyl (C=O) groups excluding carboxylic acids is 1. The summed E-state index contributed by atoms with van der Waals surface area (Å²) in [6.07, 6.45) is 0. The van der Waals surface area contributed by atoms with Crippen LogP contribution in [0, 0.1) is 0 Å². The largest absolute Gasteiger partial charge is 0.366 e. The maximum Gasteiger partial charge on any atom is 0.248 e. The fourth-order valence-corrected chi connectivity index (χ4v) is 0.775. The molecule has 0 aliphatic heterocycles. The molecule has 1 amide bonds. The van der Waals surface area contributed by atoms with Crippen molar-refractivity contribution in [3.05, 3.63) is 29.8 Å². The van der Waals surface area contributed by atoms with Crippen LogP contribution in [-0.4, -0.2) is 35.5 Å². The molecule has 0 saturated carbocycles. The first-order valence-electron chi connectivity index (χ1n) is 2.79. The van der Waals surface area contributed by atoms with Gasteiger partial charge in [-0.15, -0.1) is 12.6 Å². The van der Waals surface area contributed by atoms with Gasteiger partial charge in [0.15, 0.2) is 0 Å². The van der Waals surface area contributed by atoms with Gasteiger partial charge in [0, 0.05) is 40.0 Å². The van der Waals surface area contributed by atoms with Gasteiger partial charge < -0.3 is 5.73 Å². The minimum Gasteiger partial charge on any atom is -0.366 e. The summed E-state index contributed by atoms with van der Waals surface area (Å²) in [6.45, 7) is 0. The number of thiol groups is 1. The van der Waals surface area contributed by atoms with Crippen molar-refractivity contribution >= 4 is 48.1 Å². The molecule has 0 spiro atoms. The number of amides is 1. The van der Waals surface area contributed by atoms with E-state index in [1.54, 1.807) is 24.3 Å². The van der Waals surface area contributed by atoms with Crippen LogP contribution in [0.15, 0.2) is 29.2 Å². The van der Waals surface area contributed by atoms with Gasteiger partial charge in [-0.25, -0.2) is 0 Å². The zero-order valence-electron chi connectivity index (χ0n) is 6.24. The Morgan fingerprint density at radius 3 is 2.09 bits per heavy atom. The molecule has 0 aliphatic rings. The minimum absolute atomic E-state index is 0. The second-order valence-corrected chi connectivity index (χ2v) is 2.43. The normalized spacial score (nSPS) is 8.45. The molecular formula is C7H7NNaOS. The van der Waals surface area contributed by atoms with Crippen molar-refractivity contribution in [3.8, 4) is 0 Å². The van der Waals surface area contributed by atoms with Gasteiger partial charge in [0.25, 0.3) is 0 Å². The van der Waals surface area contributed by atoms with E-state index < -0.39 is 5.91 Å². The maximum atomic E-state index is 10.5. The first kappa shape index (κ1) is 11.0. The smallest absolute Gasteiger partial charge is 0.248 e. The van der Waals surface area contributed by atoms with Gasteiger partial charge in [-0.05, 0) is 24.3 Å². The third-order valence-electron chi connectivity index (χ3n) is 1.15. The molecule has 1 aromatic carbocycles. The molecule has 1 aromatic rings. The molecule has 2 N–H and O–H groups in total. The van der Waals surface area contributed by atoms with Gasteiger partial charge in [-0.3, -0.25) is 4.79 Å². The van der Waals surface area contributed by atoms with Crippen molar-refractivity contribution in [2.75, 3.05) is 0 Å². The summed E-state index contributed by atoms with van der Waals surface area (Å²) < 4.78 is 0. The summed E-state index contributed by atoms with van der Waals surface area (Å²) in [6, 6.07) is 6.74. The van der Waals surface area contributed by atoms with Crippen LogP contribution in [0.4, 0.5) is 0 Å². The number of hydrogen-bond donors (Lipinski definition) is 2. The SMILES string of the molecule is NC(=O)c1ccc(S)cc1.[Na]. The summed E-state index contributed by atoms with van der Waals surface area (Å²) >= 11 is 4.05. The predicted molar refractivity (Wildman–Crippen MR) is 48.0 cm³/mol. The van der Waals surface area contributed by atoms with E-state index in [4.69, 9.17) is 5.73 Å². The molecule has 0 saturated heterocycles. The van der Waals surface area contributed by atoms with Crippen molar-refractivity contribution in [2.45, 2.75) is 4.90 Å². The van der Waals surface area contributed by atoms with E-state index in [0.717, 1.165) is 4.90 Å². The molecule has 0 bridgehead atoms. The Labute approximate surface area is 92.9 Å². The van der Waals surface area contributed by atoms with Gasteiger partial charge in [-0.1, -0.05) is 0 Å². The molecule has 0 aromatic heterocycles. The topological polar surface area (TPSA) is 43.1 Å². The summed E-state index contributed by atoms with van der Waals surface area (Å²) in [7, 11) is 0. The monoisotopic (exact) mass is 176 g/mol. The van der Waals surface area contributed by atoms with Crippen LogP contribution < -0.4 is 5.73 Å². The number of benzene rings is 1. The molecule has 0 fully saturated rings.